The Morgan fingerprint density at radius 3 is 2.04 bits per heavy atom. The second-order valence-electron chi connectivity index (χ2n) is 7.42. The molecular formula is C18H36N2O5. The Morgan fingerprint density at radius 1 is 1.24 bits per heavy atom. The van der Waals surface area contributed by atoms with Crippen LogP contribution in [-0.2, 0) is 19.1 Å². The molecule has 1 atom stereocenters. The van der Waals surface area contributed by atoms with Crippen molar-refractivity contribution in [2.45, 2.75) is 71.4 Å². The van der Waals surface area contributed by atoms with Crippen molar-refractivity contribution in [1.82, 2.24) is 10.2 Å². The molecule has 25 heavy (non-hydrogen) atoms. The molecule has 148 valence electrons. The maximum absolute atomic E-state index is 11.6. The fourth-order valence-corrected chi connectivity index (χ4v) is 2.48. The van der Waals surface area contributed by atoms with E-state index in [1.165, 1.54) is 32.1 Å². The Labute approximate surface area is 152 Å². The Bertz CT molecular complexity index is 361. The van der Waals surface area contributed by atoms with Gasteiger partial charge in [0.15, 0.2) is 0 Å². The average Bonchev–Trinajstić information content (AvgIpc) is 2.47. The number of nitrogens with zero attached hydrogens (tertiary/aromatic N) is 1. The molecule has 0 aromatic heterocycles. The topological polar surface area (TPSA) is 95.9 Å². The Morgan fingerprint density at radius 2 is 1.72 bits per heavy atom. The first-order valence-electron chi connectivity index (χ1n) is 8.70. The molecule has 1 aliphatic rings. The van der Waals surface area contributed by atoms with Gasteiger partial charge < -0.3 is 20.1 Å². The van der Waals surface area contributed by atoms with Crippen LogP contribution in [0, 0.1) is 5.92 Å². The standard InChI is InChI=1S/C12H24N2O.C5H10O2.CH2O2/c1-10(11-7-5-4-6-8-11)13-12(15)9-14(2)3;1-5(2,3)7-4-6;2-1-3/h10-11H,4-9H2,1-3H3,(H,13,15);4H,1-3H3;1H,(H,2,3). The number of hydrogen-bond acceptors (Lipinski definition) is 5. The summed E-state index contributed by atoms with van der Waals surface area (Å²) in [5, 5.41) is 9.99. The summed E-state index contributed by atoms with van der Waals surface area (Å²) in [5.74, 6) is 0.850. The van der Waals surface area contributed by atoms with Gasteiger partial charge in [-0.05, 0) is 60.5 Å². The minimum Gasteiger partial charge on any atom is -0.483 e. The van der Waals surface area contributed by atoms with Crippen LogP contribution in [0.2, 0.25) is 0 Å². The molecule has 1 unspecified atom stereocenters. The van der Waals surface area contributed by atoms with Crippen LogP contribution < -0.4 is 5.32 Å². The molecule has 1 rings (SSSR count). The molecule has 7 nitrogen and oxygen atoms in total. The summed E-state index contributed by atoms with van der Waals surface area (Å²) >= 11 is 0. The zero-order chi connectivity index (χ0) is 19.9. The number of carboxylic acid groups (broad SMARTS) is 1. The van der Waals surface area contributed by atoms with Crippen LogP contribution in [0.3, 0.4) is 0 Å². The number of carbonyl (C=O) groups is 3. The Kier molecular flexibility index (Phi) is 15.0. The van der Waals surface area contributed by atoms with Gasteiger partial charge in [-0.2, -0.15) is 0 Å². The van der Waals surface area contributed by atoms with Gasteiger partial charge in [-0.25, -0.2) is 0 Å². The lowest BCUT2D eigenvalue weighted by molar-refractivity contribution is -0.138. The van der Waals surface area contributed by atoms with Crippen molar-refractivity contribution in [3.63, 3.8) is 0 Å². The Balaban J connectivity index is 0. The highest BCUT2D eigenvalue weighted by atomic mass is 16.5. The van der Waals surface area contributed by atoms with E-state index in [4.69, 9.17) is 9.90 Å². The van der Waals surface area contributed by atoms with Crippen LogP contribution >= 0.6 is 0 Å². The molecule has 0 aromatic carbocycles. The predicted octanol–water partition coefficient (Wildman–Crippen LogP) is 2.29. The molecule has 0 bridgehead atoms. The monoisotopic (exact) mass is 360 g/mol. The fourth-order valence-electron chi connectivity index (χ4n) is 2.48. The maximum atomic E-state index is 11.6. The van der Waals surface area contributed by atoms with E-state index in [1.807, 2.05) is 39.8 Å². The molecule has 0 aromatic rings. The van der Waals surface area contributed by atoms with Crippen molar-refractivity contribution < 1.29 is 24.2 Å². The van der Waals surface area contributed by atoms with Gasteiger partial charge in [0.2, 0.25) is 5.91 Å². The minimum atomic E-state index is -0.318. The van der Waals surface area contributed by atoms with E-state index in [-0.39, 0.29) is 18.0 Å². The number of amides is 1. The van der Waals surface area contributed by atoms with E-state index < -0.39 is 0 Å². The lowest BCUT2D eigenvalue weighted by atomic mass is 9.84. The number of hydrogen-bond donors (Lipinski definition) is 2. The van der Waals surface area contributed by atoms with Crippen molar-refractivity contribution in [2.75, 3.05) is 20.6 Å². The lowest BCUT2D eigenvalue weighted by Crippen LogP contribution is -2.42. The molecule has 0 saturated heterocycles. The molecular weight excluding hydrogens is 324 g/mol. The van der Waals surface area contributed by atoms with Gasteiger partial charge in [-0.15, -0.1) is 0 Å². The number of carbonyl (C=O) groups excluding carboxylic acids is 2. The molecule has 1 aliphatic carbocycles. The van der Waals surface area contributed by atoms with Crippen LogP contribution in [-0.4, -0.2) is 61.1 Å². The van der Waals surface area contributed by atoms with E-state index >= 15 is 0 Å². The minimum absolute atomic E-state index is 0.151. The van der Waals surface area contributed by atoms with Gasteiger partial charge in [0.25, 0.3) is 12.9 Å². The highest BCUT2D eigenvalue weighted by molar-refractivity contribution is 5.78. The molecule has 7 heteroatoms. The molecule has 0 spiro atoms. The van der Waals surface area contributed by atoms with Gasteiger partial charge in [-0.3, -0.25) is 14.4 Å². The maximum Gasteiger partial charge on any atom is 0.293 e. The van der Waals surface area contributed by atoms with Gasteiger partial charge in [0.05, 0.1) is 6.54 Å². The summed E-state index contributed by atoms with van der Waals surface area (Å²) < 4.78 is 4.55. The van der Waals surface area contributed by atoms with Crippen molar-refractivity contribution in [1.29, 1.82) is 0 Å². The SMILES string of the molecule is CC(C)(C)OC=O.CC(NC(=O)CN(C)C)C1CCCCC1.O=CO. The third-order valence-corrected chi connectivity index (χ3v) is 3.61. The van der Waals surface area contributed by atoms with Crippen LogP contribution in [0.1, 0.15) is 59.8 Å². The van der Waals surface area contributed by atoms with Crippen molar-refractivity contribution in [2.24, 2.45) is 5.92 Å². The molecule has 1 saturated carbocycles. The van der Waals surface area contributed by atoms with Crippen LogP contribution in [0.15, 0.2) is 0 Å². The van der Waals surface area contributed by atoms with Crippen LogP contribution in [0.5, 0.6) is 0 Å². The third kappa shape index (κ3) is 18.5. The highest BCUT2D eigenvalue weighted by Crippen LogP contribution is 2.26. The van der Waals surface area contributed by atoms with Crippen molar-refractivity contribution in [3.8, 4) is 0 Å². The molecule has 0 heterocycles. The largest absolute Gasteiger partial charge is 0.483 e. The molecule has 0 radical (unpaired) electrons. The smallest absolute Gasteiger partial charge is 0.293 e. The first-order valence-corrected chi connectivity index (χ1v) is 8.70. The zero-order valence-corrected chi connectivity index (χ0v) is 16.6. The molecule has 1 fully saturated rings. The predicted molar refractivity (Wildman–Crippen MR) is 98.3 cm³/mol. The van der Waals surface area contributed by atoms with E-state index in [0.717, 1.165) is 0 Å². The molecule has 1 amide bonds. The van der Waals surface area contributed by atoms with E-state index in [9.17, 15) is 9.59 Å². The zero-order valence-electron chi connectivity index (χ0n) is 16.6. The normalized spacial score (nSPS) is 15.6. The summed E-state index contributed by atoms with van der Waals surface area (Å²) in [6.07, 6.45) is 6.60. The number of rotatable bonds is 5. The summed E-state index contributed by atoms with van der Waals surface area (Å²) in [6, 6.07) is 0.345. The van der Waals surface area contributed by atoms with Gasteiger partial charge in [0, 0.05) is 6.04 Å². The van der Waals surface area contributed by atoms with Crippen LogP contribution in [0.25, 0.3) is 0 Å². The molecule has 2 N–H and O–H groups in total. The van der Waals surface area contributed by atoms with Gasteiger partial charge >= 0.3 is 0 Å². The average molecular weight is 360 g/mol. The number of likely N-dealkylation sites (N-methyl/N-ethyl adjacent to an activating group) is 1. The number of nitrogens with one attached hydrogen (secondary N) is 1. The fraction of sp³-hybridized carbons (Fsp3) is 0.833. The summed E-state index contributed by atoms with van der Waals surface area (Å²) in [6.45, 7) is 8.31. The third-order valence-electron chi connectivity index (χ3n) is 3.61. The summed E-state index contributed by atoms with van der Waals surface area (Å²) in [5.41, 5.74) is -0.318. The summed E-state index contributed by atoms with van der Waals surface area (Å²) in [4.78, 5) is 31.4. The van der Waals surface area contributed by atoms with E-state index in [0.29, 0.717) is 25.0 Å². The number of ether oxygens (including phenoxy) is 1. The van der Waals surface area contributed by atoms with E-state index in [1.54, 1.807) is 0 Å². The first-order chi connectivity index (χ1) is 11.6. The van der Waals surface area contributed by atoms with Crippen molar-refractivity contribution >= 4 is 18.9 Å². The second kappa shape index (κ2) is 14.7. The van der Waals surface area contributed by atoms with Gasteiger partial charge in [-0.1, -0.05) is 19.3 Å². The molecule has 0 aliphatic heterocycles. The van der Waals surface area contributed by atoms with E-state index in [2.05, 4.69) is 17.0 Å². The summed E-state index contributed by atoms with van der Waals surface area (Å²) in [7, 11) is 3.84. The van der Waals surface area contributed by atoms with Crippen LogP contribution in [0.4, 0.5) is 0 Å². The van der Waals surface area contributed by atoms with Gasteiger partial charge in [0.1, 0.15) is 5.60 Å². The quantitative estimate of drug-likeness (QED) is 0.730. The van der Waals surface area contributed by atoms with Crippen molar-refractivity contribution in [3.05, 3.63) is 0 Å². The lowest BCUT2D eigenvalue weighted by Gasteiger charge is -2.28. The second-order valence-corrected chi connectivity index (χ2v) is 7.42. The highest BCUT2D eigenvalue weighted by Gasteiger charge is 2.21. The first kappa shape index (κ1) is 25.6. The Hall–Kier alpha value is -1.63.